The molecule has 272 valence electrons. The minimum Gasteiger partial charge on any atom is -0.455 e. The molecule has 0 amide bonds. The first-order valence-electron chi connectivity index (χ1n) is 20.9. The fourth-order valence-electron chi connectivity index (χ4n) is 12.8. The van der Waals surface area contributed by atoms with Gasteiger partial charge in [0, 0.05) is 44.5 Å². The number of hydrogen-bond donors (Lipinski definition) is 0. The van der Waals surface area contributed by atoms with Crippen molar-refractivity contribution in [2.75, 3.05) is 0 Å². The summed E-state index contributed by atoms with van der Waals surface area (Å²) in [5, 5.41) is 20.3. The average Bonchev–Trinajstić information content (AvgIpc) is 4.03. The number of aromatic nitrogens is 4. The van der Waals surface area contributed by atoms with Gasteiger partial charge >= 0.3 is 5.66 Å². The van der Waals surface area contributed by atoms with E-state index in [4.69, 9.17) is 4.74 Å². The molecule has 60 heavy (non-hydrogen) atoms. The van der Waals surface area contributed by atoms with E-state index in [1.165, 1.54) is 130 Å². The molecule has 0 unspecified atom stereocenters. The minimum absolute atomic E-state index is 0.823. The number of pyridine rings is 2. The maximum absolute atomic E-state index is 7.26. The second kappa shape index (κ2) is 9.31. The summed E-state index contributed by atoms with van der Waals surface area (Å²) >= 11 is 0. The third-order valence-electron chi connectivity index (χ3n) is 14.7. The zero-order valence-corrected chi connectivity index (χ0v) is 31.9. The van der Waals surface area contributed by atoms with Gasteiger partial charge in [-0.1, -0.05) is 121 Å². The van der Waals surface area contributed by atoms with E-state index < -0.39 is 5.66 Å². The molecule has 1 spiro atoms. The lowest BCUT2D eigenvalue weighted by Gasteiger charge is -2.24. The van der Waals surface area contributed by atoms with Crippen molar-refractivity contribution in [1.82, 2.24) is 9.03 Å². The Balaban J connectivity index is 1.23. The Morgan fingerprint density at radius 2 is 0.633 bits per heavy atom. The summed E-state index contributed by atoms with van der Waals surface area (Å²) in [5.41, 5.74) is 8.82. The number of fused-ring (bicyclic) bond motifs is 22. The summed E-state index contributed by atoms with van der Waals surface area (Å²) in [6.45, 7) is 0. The predicted molar refractivity (Wildman–Crippen MR) is 242 cm³/mol. The van der Waals surface area contributed by atoms with Gasteiger partial charge in [0.1, 0.15) is 33.6 Å². The number of hydrogen-bond acceptors (Lipinski definition) is 1. The molecule has 0 fully saturated rings. The van der Waals surface area contributed by atoms with Crippen molar-refractivity contribution in [3.05, 3.63) is 181 Å². The molecule has 0 saturated heterocycles. The van der Waals surface area contributed by atoms with Gasteiger partial charge in [0.15, 0.2) is 11.1 Å². The zero-order valence-electron chi connectivity index (χ0n) is 31.9. The van der Waals surface area contributed by atoms with Gasteiger partial charge in [-0.25, -0.2) is 0 Å². The number of benzene rings is 10. The van der Waals surface area contributed by atoms with Crippen molar-refractivity contribution in [1.29, 1.82) is 0 Å². The molecular weight excluding hydrogens is 733 g/mol. The molecule has 10 aromatic carbocycles. The van der Waals surface area contributed by atoms with Crippen LogP contribution in [0.25, 0.3) is 119 Å². The van der Waals surface area contributed by atoms with Crippen LogP contribution >= 0.6 is 0 Å². The van der Waals surface area contributed by atoms with Crippen molar-refractivity contribution >= 4 is 119 Å². The molecule has 0 aliphatic carbocycles. The van der Waals surface area contributed by atoms with Crippen LogP contribution in [0.5, 0.6) is 11.5 Å². The van der Waals surface area contributed by atoms with Crippen LogP contribution in [-0.2, 0) is 5.66 Å². The fourth-order valence-corrected chi connectivity index (χ4v) is 12.8. The van der Waals surface area contributed by atoms with Gasteiger partial charge in [0.25, 0.3) is 0 Å². The van der Waals surface area contributed by atoms with E-state index in [-0.39, 0.29) is 0 Å². The minimum atomic E-state index is -0.823. The van der Waals surface area contributed by atoms with E-state index >= 15 is 0 Å². The van der Waals surface area contributed by atoms with Gasteiger partial charge in [-0.2, -0.15) is 0 Å². The van der Waals surface area contributed by atoms with E-state index in [1.54, 1.807) is 0 Å². The standard InChI is InChI=1S/C55H28N4O/c1-5-17-33-29(13-1)31-15-3-7-19-35(31)47-45(33)39-25-27-43-49-53(39)56-51(47)37-21-9-11-23-41(37)58(56)55(49)50-44(60-43)28-26-40-46-34-18-6-2-14-30(34)32-16-4-8-20-36(32)48(46)52-38-22-10-12-24-42(38)59(55)57(52)54(40)50/h1-28H/q+2. The highest BCUT2D eigenvalue weighted by Crippen LogP contribution is 2.59. The number of nitrogens with zero attached hydrogens (tertiary/aromatic N) is 4. The second-order valence-corrected chi connectivity index (χ2v) is 17.1. The Morgan fingerprint density at radius 3 is 1.03 bits per heavy atom. The molecule has 3 aliphatic heterocycles. The average molecular weight is 761 g/mol. The van der Waals surface area contributed by atoms with E-state index in [9.17, 15) is 0 Å². The van der Waals surface area contributed by atoms with Gasteiger partial charge in [-0.3, -0.25) is 0 Å². The number of ether oxygens (including phenoxy) is 1. The van der Waals surface area contributed by atoms with Crippen molar-refractivity contribution in [2.24, 2.45) is 0 Å². The smallest absolute Gasteiger partial charge is 0.455 e. The summed E-state index contributed by atoms with van der Waals surface area (Å²) in [6, 6.07) is 63.4. The highest BCUT2D eigenvalue weighted by atomic mass is 16.5. The molecule has 4 aromatic heterocycles. The van der Waals surface area contributed by atoms with Gasteiger partial charge in [0.05, 0.1) is 10.8 Å². The maximum atomic E-state index is 7.26. The Hall–Kier alpha value is -8.02. The van der Waals surface area contributed by atoms with E-state index in [0.29, 0.717) is 0 Å². The van der Waals surface area contributed by atoms with Crippen molar-refractivity contribution in [2.45, 2.75) is 5.66 Å². The van der Waals surface area contributed by atoms with Crippen LogP contribution in [0.15, 0.2) is 170 Å². The summed E-state index contributed by atoms with van der Waals surface area (Å²) in [5.74, 6) is 1.81. The predicted octanol–water partition coefficient (Wildman–Crippen LogP) is 12.3. The Morgan fingerprint density at radius 1 is 0.300 bits per heavy atom. The molecule has 17 rings (SSSR count). The SMILES string of the molecule is c1ccc2c(c1)c1ccccc1c1c2c2ccc3c4c2n2c1c1ccccc1[n+]2C41c2c(ccc4c5c6ccccc6c6ccccc6c5c5c6ccccc6[n+]1n5c24)O3. The van der Waals surface area contributed by atoms with Crippen molar-refractivity contribution in [3.63, 3.8) is 0 Å². The third-order valence-corrected chi connectivity index (χ3v) is 14.7. The zero-order chi connectivity index (χ0) is 38.3. The van der Waals surface area contributed by atoms with Crippen molar-refractivity contribution < 1.29 is 14.1 Å². The topological polar surface area (TPSA) is 25.8 Å². The van der Waals surface area contributed by atoms with Gasteiger partial charge in [0.2, 0.25) is 11.0 Å². The molecule has 0 saturated carbocycles. The van der Waals surface area contributed by atoms with Crippen LogP contribution in [-0.4, -0.2) is 9.03 Å². The largest absolute Gasteiger partial charge is 0.470 e. The molecule has 5 nitrogen and oxygen atoms in total. The fraction of sp³-hybridized carbons (Fsp3) is 0.0182. The molecule has 0 radical (unpaired) electrons. The molecule has 0 atom stereocenters. The van der Waals surface area contributed by atoms with Gasteiger partial charge < -0.3 is 4.74 Å². The summed E-state index contributed by atoms with van der Waals surface area (Å²) < 4.78 is 17.8. The normalized spacial score (nSPS) is 14.6. The summed E-state index contributed by atoms with van der Waals surface area (Å²) in [6.07, 6.45) is 0. The summed E-state index contributed by atoms with van der Waals surface area (Å²) in [7, 11) is 0. The molecular formula is C55H28N4O+2. The Labute approximate surface area is 339 Å². The quantitative estimate of drug-likeness (QED) is 0.112. The monoisotopic (exact) mass is 760 g/mol. The maximum Gasteiger partial charge on any atom is 0.470 e. The van der Waals surface area contributed by atoms with Crippen LogP contribution in [0.2, 0.25) is 0 Å². The lowest BCUT2D eigenvalue weighted by molar-refractivity contribution is -0.992. The van der Waals surface area contributed by atoms with Crippen LogP contribution < -0.4 is 14.1 Å². The van der Waals surface area contributed by atoms with Crippen LogP contribution in [0.4, 0.5) is 0 Å². The van der Waals surface area contributed by atoms with E-state index in [2.05, 4.69) is 188 Å². The van der Waals surface area contributed by atoms with E-state index in [1.807, 2.05) is 0 Å². The highest BCUT2D eigenvalue weighted by Gasteiger charge is 2.73. The van der Waals surface area contributed by atoms with Crippen LogP contribution in [0.1, 0.15) is 11.1 Å². The van der Waals surface area contributed by atoms with Gasteiger partial charge in [-0.05, 0) is 88.9 Å². The molecule has 0 bridgehead atoms. The molecule has 7 heterocycles. The Bertz CT molecular complexity index is 4220. The Kier molecular flexibility index (Phi) is 4.53. The lowest BCUT2D eigenvalue weighted by Crippen LogP contribution is -2.74. The first-order chi connectivity index (χ1) is 29.8. The first-order valence-corrected chi connectivity index (χ1v) is 20.9. The molecule has 0 N–H and O–H groups in total. The van der Waals surface area contributed by atoms with Crippen LogP contribution in [0.3, 0.4) is 0 Å². The summed E-state index contributed by atoms with van der Waals surface area (Å²) in [4.78, 5) is 0. The van der Waals surface area contributed by atoms with Gasteiger partial charge in [-0.15, -0.1) is 9.03 Å². The lowest BCUT2D eigenvalue weighted by atomic mass is 9.83. The molecule has 3 aliphatic rings. The first kappa shape index (κ1) is 29.2. The molecule has 14 aromatic rings. The highest BCUT2D eigenvalue weighted by molar-refractivity contribution is 6.38. The van der Waals surface area contributed by atoms with E-state index in [0.717, 1.165) is 11.5 Å². The molecule has 5 heteroatoms. The van der Waals surface area contributed by atoms with Crippen LogP contribution in [0, 0.1) is 0 Å². The second-order valence-electron chi connectivity index (χ2n) is 17.1. The third kappa shape index (κ3) is 2.77. The number of rotatable bonds is 0. The van der Waals surface area contributed by atoms with Crippen molar-refractivity contribution in [3.8, 4) is 11.5 Å². The number of para-hydroxylation sites is 2.